The second kappa shape index (κ2) is 4.25. The Balaban J connectivity index is 2.89. The van der Waals surface area contributed by atoms with Crippen molar-refractivity contribution in [1.29, 1.82) is 0 Å². The fourth-order valence-corrected chi connectivity index (χ4v) is 1.50. The van der Waals surface area contributed by atoms with Crippen LogP contribution in [0, 0.1) is 0 Å². The lowest BCUT2D eigenvalue weighted by Gasteiger charge is -2.04. The fourth-order valence-electron chi connectivity index (χ4n) is 0.960. The molecule has 1 rings (SSSR count). The molecular weight excluding hydrogens is 236 g/mol. The number of carbonyl (C=O) groups is 1. The minimum absolute atomic E-state index is 0.0173. The molecule has 0 aliphatic carbocycles. The minimum atomic E-state index is -0.847. The Labute approximate surface area is 83.8 Å². The second-order valence-corrected chi connectivity index (χ2v) is 3.38. The molecule has 13 heavy (non-hydrogen) atoms. The second-order valence-electron chi connectivity index (χ2n) is 2.53. The molecule has 4 nitrogen and oxygen atoms in total. The molecule has 70 valence electrons. The van der Waals surface area contributed by atoms with Crippen LogP contribution in [0.4, 0.5) is 5.69 Å². The predicted octanol–water partition coefficient (Wildman–Crippen LogP) is 1.36. The lowest BCUT2D eigenvalue weighted by Crippen LogP contribution is -2.07. The molecule has 0 saturated carbocycles. The highest BCUT2D eigenvalue weighted by Crippen LogP contribution is 2.22. The number of rotatable bonds is 3. The summed E-state index contributed by atoms with van der Waals surface area (Å²) in [6.07, 6.45) is 0.0173. The predicted molar refractivity (Wildman–Crippen MR) is 53.3 cm³/mol. The van der Waals surface area contributed by atoms with Crippen molar-refractivity contribution in [2.24, 2.45) is 5.84 Å². The van der Waals surface area contributed by atoms with Gasteiger partial charge in [0.25, 0.3) is 0 Å². The summed E-state index contributed by atoms with van der Waals surface area (Å²) in [5.74, 6) is 4.36. The van der Waals surface area contributed by atoms with Crippen LogP contribution in [0.25, 0.3) is 0 Å². The molecule has 4 N–H and O–H groups in total. The maximum absolute atomic E-state index is 10.4. The highest BCUT2D eigenvalue weighted by atomic mass is 79.9. The van der Waals surface area contributed by atoms with Crippen LogP contribution in [0.2, 0.25) is 0 Å². The molecule has 0 spiro atoms. The molecule has 1 aromatic carbocycles. The van der Waals surface area contributed by atoms with E-state index in [2.05, 4.69) is 21.4 Å². The van der Waals surface area contributed by atoms with Gasteiger partial charge in [0.15, 0.2) is 0 Å². The summed E-state index contributed by atoms with van der Waals surface area (Å²) >= 11 is 3.26. The number of anilines is 1. The third-order valence-corrected chi connectivity index (χ3v) is 2.20. The maximum Gasteiger partial charge on any atom is 0.307 e. The Morgan fingerprint density at radius 2 is 2.31 bits per heavy atom. The van der Waals surface area contributed by atoms with Crippen LogP contribution in [0.15, 0.2) is 22.7 Å². The van der Waals surface area contributed by atoms with Gasteiger partial charge < -0.3 is 10.5 Å². The van der Waals surface area contributed by atoms with E-state index in [-0.39, 0.29) is 6.42 Å². The summed E-state index contributed by atoms with van der Waals surface area (Å²) in [4.78, 5) is 10.4. The molecule has 0 aromatic heterocycles. The monoisotopic (exact) mass is 244 g/mol. The molecule has 1 aromatic rings. The SMILES string of the molecule is NNc1ccc(CC(=O)O)cc1Br. The number of hydrogen-bond donors (Lipinski definition) is 3. The van der Waals surface area contributed by atoms with Gasteiger partial charge in [-0.2, -0.15) is 0 Å². The third-order valence-electron chi connectivity index (χ3n) is 1.54. The molecule has 5 heteroatoms. The van der Waals surface area contributed by atoms with Crippen LogP contribution in [-0.2, 0) is 11.2 Å². The standard InChI is InChI=1S/C8H9BrN2O2/c9-6-3-5(4-8(12)13)1-2-7(6)11-10/h1-3,11H,4,10H2,(H,12,13). The van der Waals surface area contributed by atoms with Gasteiger partial charge in [-0.05, 0) is 33.6 Å². The maximum atomic E-state index is 10.4. The fraction of sp³-hybridized carbons (Fsp3) is 0.125. The molecule has 0 bridgehead atoms. The minimum Gasteiger partial charge on any atom is -0.481 e. The number of benzene rings is 1. The van der Waals surface area contributed by atoms with Crippen LogP contribution in [-0.4, -0.2) is 11.1 Å². The molecule has 0 saturated heterocycles. The van der Waals surface area contributed by atoms with Crippen molar-refractivity contribution < 1.29 is 9.90 Å². The Morgan fingerprint density at radius 1 is 1.62 bits per heavy atom. The molecule has 0 atom stereocenters. The highest BCUT2D eigenvalue weighted by Gasteiger charge is 2.03. The lowest BCUT2D eigenvalue weighted by atomic mass is 10.1. The van der Waals surface area contributed by atoms with E-state index in [1.807, 2.05) is 0 Å². The first-order chi connectivity index (χ1) is 6.13. The van der Waals surface area contributed by atoms with E-state index in [1.165, 1.54) is 0 Å². The summed E-state index contributed by atoms with van der Waals surface area (Å²) in [5.41, 5.74) is 3.95. The molecule has 0 fully saturated rings. The van der Waals surface area contributed by atoms with Crippen LogP contribution in [0.1, 0.15) is 5.56 Å². The van der Waals surface area contributed by atoms with Gasteiger partial charge in [0.05, 0.1) is 12.1 Å². The molecule has 0 aliphatic rings. The lowest BCUT2D eigenvalue weighted by molar-refractivity contribution is -0.136. The van der Waals surface area contributed by atoms with Crippen molar-refractivity contribution >= 4 is 27.6 Å². The van der Waals surface area contributed by atoms with Gasteiger partial charge in [-0.1, -0.05) is 6.07 Å². The topological polar surface area (TPSA) is 75.3 Å². The Bertz CT molecular complexity index is 328. The normalized spacial score (nSPS) is 9.69. The van der Waals surface area contributed by atoms with E-state index in [0.717, 1.165) is 15.7 Å². The number of nitrogen functional groups attached to an aromatic ring is 1. The number of nitrogens with two attached hydrogens (primary N) is 1. The Hall–Kier alpha value is -1.07. The van der Waals surface area contributed by atoms with Gasteiger partial charge in [-0.3, -0.25) is 10.6 Å². The summed E-state index contributed by atoms with van der Waals surface area (Å²) in [5, 5.41) is 8.53. The van der Waals surface area contributed by atoms with E-state index in [1.54, 1.807) is 18.2 Å². The average molecular weight is 245 g/mol. The van der Waals surface area contributed by atoms with Gasteiger partial charge in [-0.15, -0.1) is 0 Å². The Kier molecular flexibility index (Phi) is 3.27. The van der Waals surface area contributed by atoms with Gasteiger partial charge in [0, 0.05) is 4.47 Å². The summed E-state index contributed by atoms with van der Waals surface area (Å²) in [7, 11) is 0. The van der Waals surface area contributed by atoms with Crippen LogP contribution in [0.3, 0.4) is 0 Å². The molecule has 0 unspecified atom stereocenters. The third kappa shape index (κ3) is 2.71. The van der Waals surface area contributed by atoms with Crippen molar-refractivity contribution in [3.63, 3.8) is 0 Å². The summed E-state index contributed by atoms with van der Waals surface area (Å²) in [6.45, 7) is 0. The van der Waals surface area contributed by atoms with E-state index in [9.17, 15) is 4.79 Å². The van der Waals surface area contributed by atoms with Crippen molar-refractivity contribution in [2.45, 2.75) is 6.42 Å². The summed E-state index contributed by atoms with van der Waals surface area (Å²) in [6, 6.07) is 5.17. The van der Waals surface area contributed by atoms with E-state index >= 15 is 0 Å². The molecular formula is C8H9BrN2O2. The van der Waals surface area contributed by atoms with E-state index in [4.69, 9.17) is 10.9 Å². The number of carboxylic acids is 1. The van der Waals surface area contributed by atoms with E-state index in [0.29, 0.717) is 0 Å². The zero-order valence-electron chi connectivity index (χ0n) is 6.75. The number of hydrazine groups is 1. The zero-order chi connectivity index (χ0) is 9.84. The van der Waals surface area contributed by atoms with Crippen molar-refractivity contribution in [3.8, 4) is 0 Å². The van der Waals surface area contributed by atoms with Gasteiger partial charge >= 0.3 is 5.97 Å². The van der Waals surface area contributed by atoms with Crippen molar-refractivity contribution in [3.05, 3.63) is 28.2 Å². The van der Waals surface area contributed by atoms with Gasteiger partial charge in [0.2, 0.25) is 0 Å². The zero-order valence-corrected chi connectivity index (χ0v) is 8.34. The number of aliphatic carboxylic acids is 1. The van der Waals surface area contributed by atoms with Gasteiger partial charge in [-0.25, -0.2) is 0 Å². The van der Waals surface area contributed by atoms with Crippen molar-refractivity contribution in [1.82, 2.24) is 0 Å². The molecule has 0 amide bonds. The summed E-state index contributed by atoms with van der Waals surface area (Å²) < 4.78 is 0.758. The first kappa shape index (κ1) is 10.0. The molecule has 0 heterocycles. The molecule has 0 aliphatic heterocycles. The average Bonchev–Trinajstić information content (AvgIpc) is 2.03. The number of nitrogens with one attached hydrogen (secondary N) is 1. The number of hydrogen-bond acceptors (Lipinski definition) is 3. The largest absolute Gasteiger partial charge is 0.481 e. The van der Waals surface area contributed by atoms with Crippen LogP contribution < -0.4 is 11.3 Å². The first-order valence-corrected chi connectivity index (χ1v) is 4.39. The Morgan fingerprint density at radius 3 is 2.77 bits per heavy atom. The first-order valence-electron chi connectivity index (χ1n) is 3.60. The van der Waals surface area contributed by atoms with Crippen LogP contribution >= 0.6 is 15.9 Å². The number of halogens is 1. The van der Waals surface area contributed by atoms with E-state index < -0.39 is 5.97 Å². The number of carboxylic acid groups (broad SMARTS) is 1. The highest BCUT2D eigenvalue weighted by molar-refractivity contribution is 9.10. The van der Waals surface area contributed by atoms with Crippen molar-refractivity contribution in [2.75, 3.05) is 5.43 Å². The molecule has 0 radical (unpaired) electrons. The smallest absolute Gasteiger partial charge is 0.307 e. The van der Waals surface area contributed by atoms with Crippen LogP contribution in [0.5, 0.6) is 0 Å². The van der Waals surface area contributed by atoms with Gasteiger partial charge in [0.1, 0.15) is 0 Å². The quantitative estimate of drug-likeness (QED) is 0.555.